The highest BCUT2D eigenvalue weighted by Crippen LogP contribution is 2.44. The molecule has 1 aliphatic heterocycles. The maximum Gasteiger partial charge on any atom is 0.340 e. The van der Waals surface area contributed by atoms with E-state index in [4.69, 9.17) is 9.47 Å². The van der Waals surface area contributed by atoms with Gasteiger partial charge in [-0.3, -0.25) is 4.98 Å². The van der Waals surface area contributed by atoms with Crippen molar-refractivity contribution in [3.05, 3.63) is 47.9 Å². The zero-order valence-electron chi connectivity index (χ0n) is 14.4. The van der Waals surface area contributed by atoms with E-state index in [1.807, 2.05) is 0 Å². The highest BCUT2D eigenvalue weighted by Gasteiger charge is 2.47. The number of aromatic nitrogens is 1. The Labute approximate surface area is 146 Å². The van der Waals surface area contributed by atoms with E-state index in [0.717, 1.165) is 12.1 Å². The molecule has 1 aliphatic carbocycles. The summed E-state index contributed by atoms with van der Waals surface area (Å²) in [7, 11) is 1.38. The molecule has 0 saturated heterocycles. The van der Waals surface area contributed by atoms with Crippen LogP contribution in [0, 0.1) is 17.8 Å². The van der Waals surface area contributed by atoms with Crippen molar-refractivity contribution in [2.24, 2.45) is 17.8 Å². The van der Waals surface area contributed by atoms with Crippen LogP contribution in [-0.4, -0.2) is 36.7 Å². The van der Waals surface area contributed by atoms with Crippen molar-refractivity contribution in [3.8, 4) is 0 Å². The van der Waals surface area contributed by atoms with Gasteiger partial charge in [-0.2, -0.15) is 0 Å². The summed E-state index contributed by atoms with van der Waals surface area (Å²) in [4.78, 5) is 28.5. The van der Waals surface area contributed by atoms with Gasteiger partial charge >= 0.3 is 11.9 Å². The largest absolute Gasteiger partial charge is 0.466 e. The summed E-state index contributed by atoms with van der Waals surface area (Å²) in [5.74, 6) is -0.313. The lowest BCUT2D eigenvalue weighted by Crippen LogP contribution is -2.35. The summed E-state index contributed by atoms with van der Waals surface area (Å²) >= 11 is 0. The van der Waals surface area contributed by atoms with Crippen LogP contribution in [0.1, 0.15) is 29.3 Å². The first-order valence-corrected chi connectivity index (χ1v) is 8.35. The van der Waals surface area contributed by atoms with Crippen molar-refractivity contribution in [1.82, 2.24) is 10.3 Å². The second-order valence-corrected chi connectivity index (χ2v) is 6.52. The van der Waals surface area contributed by atoms with Crippen molar-refractivity contribution in [3.63, 3.8) is 0 Å². The van der Waals surface area contributed by atoms with E-state index in [0.29, 0.717) is 17.6 Å². The van der Waals surface area contributed by atoms with E-state index in [9.17, 15) is 9.59 Å². The Morgan fingerprint density at radius 1 is 1.36 bits per heavy atom. The Bertz CT molecular complexity index is 728. The summed E-state index contributed by atoms with van der Waals surface area (Å²) < 4.78 is 10.6. The number of nitrogens with zero attached hydrogens (tertiary/aromatic N) is 1. The van der Waals surface area contributed by atoms with Crippen LogP contribution in [0.25, 0.3) is 6.08 Å². The SMILES string of the molecule is C=Cc1cncc(C(=O)O[C@H]2C[C@@H]3C(C(=O)OC)=CNC[C@@H]3[C@H]2C)c1. The van der Waals surface area contributed by atoms with Crippen molar-refractivity contribution >= 4 is 18.0 Å². The number of nitrogens with one attached hydrogen (secondary N) is 1. The molecule has 2 heterocycles. The summed E-state index contributed by atoms with van der Waals surface area (Å²) in [6.07, 6.45) is 6.85. The molecule has 4 atom stereocenters. The average Bonchev–Trinajstić information content (AvgIpc) is 2.97. The summed E-state index contributed by atoms with van der Waals surface area (Å²) in [5.41, 5.74) is 1.79. The first-order chi connectivity index (χ1) is 12.0. The van der Waals surface area contributed by atoms with Gasteiger partial charge in [-0.15, -0.1) is 0 Å². The van der Waals surface area contributed by atoms with E-state index in [-0.39, 0.29) is 29.8 Å². The molecule has 1 aromatic heterocycles. The maximum atomic E-state index is 12.5. The first kappa shape index (κ1) is 17.2. The van der Waals surface area contributed by atoms with Crippen LogP contribution in [0.5, 0.6) is 0 Å². The highest BCUT2D eigenvalue weighted by atomic mass is 16.5. The summed E-state index contributed by atoms with van der Waals surface area (Å²) in [6.45, 7) is 6.50. The lowest BCUT2D eigenvalue weighted by atomic mass is 9.83. The molecule has 6 heteroatoms. The Hall–Kier alpha value is -2.63. The molecule has 25 heavy (non-hydrogen) atoms. The van der Waals surface area contributed by atoms with Gasteiger partial charge in [0.15, 0.2) is 0 Å². The minimum Gasteiger partial charge on any atom is -0.466 e. The first-order valence-electron chi connectivity index (χ1n) is 8.35. The lowest BCUT2D eigenvalue weighted by Gasteiger charge is -2.28. The second kappa shape index (κ2) is 7.09. The van der Waals surface area contributed by atoms with Crippen molar-refractivity contribution in [1.29, 1.82) is 0 Å². The van der Waals surface area contributed by atoms with Gasteiger partial charge in [-0.1, -0.05) is 19.6 Å². The second-order valence-electron chi connectivity index (χ2n) is 6.52. The number of rotatable bonds is 4. The molecule has 1 N–H and O–H groups in total. The molecule has 0 radical (unpaired) electrons. The van der Waals surface area contributed by atoms with Crippen LogP contribution >= 0.6 is 0 Å². The topological polar surface area (TPSA) is 77.5 Å². The van der Waals surface area contributed by atoms with Crippen molar-refractivity contribution in [2.75, 3.05) is 13.7 Å². The molecule has 0 unspecified atom stereocenters. The molecule has 1 aromatic rings. The van der Waals surface area contributed by atoms with Crippen LogP contribution in [0.4, 0.5) is 0 Å². The van der Waals surface area contributed by atoms with Gasteiger partial charge in [0, 0.05) is 31.1 Å². The molecular formula is C19H22N2O4. The van der Waals surface area contributed by atoms with Gasteiger partial charge in [-0.25, -0.2) is 9.59 Å². The Kier molecular flexibility index (Phi) is 4.88. The monoisotopic (exact) mass is 342 g/mol. The van der Waals surface area contributed by atoms with Crippen LogP contribution in [0.15, 0.2) is 36.8 Å². The van der Waals surface area contributed by atoms with E-state index in [1.54, 1.807) is 24.5 Å². The third-order valence-corrected chi connectivity index (χ3v) is 5.19. The normalized spacial score (nSPS) is 27.5. The van der Waals surface area contributed by atoms with Crippen LogP contribution in [0.3, 0.4) is 0 Å². The molecule has 0 spiro atoms. The minimum atomic E-state index is -0.400. The van der Waals surface area contributed by atoms with Crippen molar-refractivity contribution in [2.45, 2.75) is 19.4 Å². The van der Waals surface area contributed by atoms with Crippen LogP contribution in [-0.2, 0) is 14.3 Å². The lowest BCUT2D eigenvalue weighted by molar-refractivity contribution is -0.137. The van der Waals surface area contributed by atoms with Crippen molar-refractivity contribution < 1.29 is 19.1 Å². The number of carbonyl (C=O) groups is 2. The number of esters is 2. The number of hydrogen-bond donors (Lipinski definition) is 1. The molecule has 0 bridgehead atoms. The number of methoxy groups -OCH3 is 1. The highest BCUT2D eigenvalue weighted by molar-refractivity contribution is 5.90. The van der Waals surface area contributed by atoms with Gasteiger partial charge in [0.2, 0.25) is 0 Å². The summed E-state index contributed by atoms with van der Waals surface area (Å²) in [5, 5.41) is 3.15. The van der Waals surface area contributed by atoms with Crippen LogP contribution < -0.4 is 5.32 Å². The third-order valence-electron chi connectivity index (χ3n) is 5.19. The molecule has 1 saturated carbocycles. The molecule has 3 rings (SSSR count). The Balaban J connectivity index is 1.74. The third kappa shape index (κ3) is 3.29. The fourth-order valence-electron chi connectivity index (χ4n) is 3.75. The molecule has 0 aromatic carbocycles. The smallest absolute Gasteiger partial charge is 0.340 e. The predicted octanol–water partition coefficient (Wildman–Crippen LogP) is 2.18. The maximum absolute atomic E-state index is 12.5. The van der Waals surface area contributed by atoms with Crippen LogP contribution in [0.2, 0.25) is 0 Å². The zero-order chi connectivity index (χ0) is 18.0. The van der Waals surface area contributed by atoms with Gasteiger partial charge in [0.25, 0.3) is 0 Å². The fourth-order valence-corrected chi connectivity index (χ4v) is 3.75. The number of carbonyl (C=O) groups excluding carboxylic acids is 2. The minimum absolute atomic E-state index is 0.0409. The Morgan fingerprint density at radius 3 is 2.88 bits per heavy atom. The number of hydrogen-bond acceptors (Lipinski definition) is 6. The van der Waals surface area contributed by atoms with E-state index >= 15 is 0 Å². The zero-order valence-corrected chi connectivity index (χ0v) is 14.4. The van der Waals surface area contributed by atoms with E-state index in [2.05, 4.69) is 23.8 Å². The molecule has 6 nitrogen and oxygen atoms in total. The van der Waals surface area contributed by atoms with Gasteiger partial charge in [-0.05, 0) is 29.9 Å². The number of ether oxygens (including phenoxy) is 2. The molecule has 1 fully saturated rings. The average molecular weight is 342 g/mol. The van der Waals surface area contributed by atoms with E-state index in [1.165, 1.54) is 13.3 Å². The van der Waals surface area contributed by atoms with Gasteiger partial charge < -0.3 is 14.8 Å². The van der Waals surface area contributed by atoms with Gasteiger partial charge in [0.1, 0.15) is 6.10 Å². The number of pyridine rings is 1. The molecule has 0 amide bonds. The fraction of sp³-hybridized carbons (Fsp3) is 0.421. The summed E-state index contributed by atoms with van der Waals surface area (Å²) in [6, 6.07) is 1.70. The van der Waals surface area contributed by atoms with Gasteiger partial charge in [0.05, 0.1) is 18.2 Å². The Morgan fingerprint density at radius 2 is 2.16 bits per heavy atom. The quantitative estimate of drug-likeness (QED) is 0.845. The van der Waals surface area contributed by atoms with E-state index < -0.39 is 5.97 Å². The number of fused-ring (bicyclic) bond motifs is 1. The standard InChI is InChI=1S/C19H22N2O4/c1-4-12-5-13(8-20-7-12)18(22)25-17-6-14-15(11(17)2)9-21-10-16(14)19(23)24-3/h4-5,7-8,10-11,14-15,17,21H,1,6,9H2,2-3H3/t11-,14+,15-,17+/m1/s1. The molecular weight excluding hydrogens is 320 g/mol. The molecule has 132 valence electrons. The molecule has 2 aliphatic rings. The predicted molar refractivity (Wildman–Crippen MR) is 92.4 cm³/mol.